The molecule has 12 rings (SSSR count). The molecule has 0 atom stereocenters. The molecule has 21 heteroatoms. The summed E-state index contributed by atoms with van der Waals surface area (Å²) in [4.78, 5) is 14.9. The molecule has 12 aromatic rings. The lowest BCUT2D eigenvalue weighted by molar-refractivity contribution is 0.674. The van der Waals surface area contributed by atoms with Crippen LogP contribution in [0.3, 0.4) is 0 Å². The number of nitrogens with zero attached hydrogens (tertiary/aromatic N) is 4. The fourth-order valence-electron chi connectivity index (χ4n) is 10.5. The number of fused-ring (bicyclic) bond motifs is 9. The normalized spacial score (nSPS) is 11.8. The molecule has 3 heterocycles. The SMILES string of the molecule is [B]c1c([B])c(-c2ccc(-c3nc(-c4ccccc4)nc(-c4ccccc4)n3)c3ccccc23)c2c(oc3c([B])c(-n4c5c([B])c([B])c([B])c([B])c5c5c([B])c([B])c6c([B])c([B])c([B])c([B])c6c54)c([B])c([B])c32)c1[B]. The average Bonchev–Trinajstić information content (AvgIpc) is 4.02. The second-order valence-corrected chi connectivity index (χ2v) is 18.1. The summed E-state index contributed by atoms with van der Waals surface area (Å²) in [6, 6.07) is 31.0. The molecule has 0 amide bonds. The summed E-state index contributed by atoms with van der Waals surface area (Å²) < 4.78 is 8.31. The Kier molecular flexibility index (Phi) is 11.3. The van der Waals surface area contributed by atoms with Crippen molar-refractivity contribution in [3.05, 3.63) is 97.1 Å². The Hall–Kier alpha value is -6.85. The Morgan fingerprint density at radius 2 is 0.703 bits per heavy atom. The summed E-state index contributed by atoms with van der Waals surface area (Å²) in [5, 5.41) is 3.02. The number of hydrogen-bond donors (Lipinski definition) is 0. The molecule has 0 aliphatic rings. The van der Waals surface area contributed by atoms with E-state index in [1.807, 2.05) is 97.1 Å². The Morgan fingerprint density at radius 3 is 1.28 bits per heavy atom. The summed E-state index contributed by atoms with van der Waals surface area (Å²) in [7, 11) is 110. The molecule has 0 saturated heterocycles. The minimum Gasteiger partial charge on any atom is -0.457 e. The zero-order valence-electron chi connectivity index (χ0n) is 39.2. The van der Waals surface area contributed by atoms with Crippen LogP contribution in [-0.4, -0.2) is 145 Å². The maximum Gasteiger partial charge on any atom is 0.164 e. The van der Waals surface area contributed by atoms with Gasteiger partial charge < -0.3 is 8.98 Å². The van der Waals surface area contributed by atoms with Gasteiger partial charge in [-0.3, -0.25) is 0 Å². The number of hydrogen-bond acceptors (Lipinski definition) is 4. The molecule has 0 aliphatic carbocycles. The third-order valence-electron chi connectivity index (χ3n) is 14.2. The van der Waals surface area contributed by atoms with Crippen LogP contribution >= 0.6 is 0 Å². The van der Waals surface area contributed by atoms with Crippen LogP contribution in [0.2, 0.25) is 0 Å². The van der Waals surface area contributed by atoms with Gasteiger partial charge in [-0.2, -0.15) is 0 Å². The van der Waals surface area contributed by atoms with E-state index in [2.05, 4.69) is 0 Å². The largest absolute Gasteiger partial charge is 0.457 e. The topological polar surface area (TPSA) is 56.7 Å². The van der Waals surface area contributed by atoms with Gasteiger partial charge in [-0.25, -0.2) is 15.0 Å². The standard InChI is InChI=1S/C53H16B16N4O/c54-30-23(21-15-16-22(20-14-8-7-13-19(20)21)53-71-51(17-9-3-1-4-10-17)70-52(72-53)18-11-5-2-6-12-18)24-29-36(60)42(66)48(45(69)50(29)74-49(24)44(68)40(30)64)73-46-26-25(32(56)37(61)38(62)34(26)58)31(55)33(57)27(46)28-35(59)39(63)41(65)43(67)47(28)73/h1-16H. The highest BCUT2D eigenvalue weighted by Gasteiger charge is 2.30. The van der Waals surface area contributed by atoms with Crippen LogP contribution in [0.15, 0.2) is 101 Å². The third-order valence-corrected chi connectivity index (χ3v) is 14.2. The van der Waals surface area contributed by atoms with E-state index in [9.17, 15) is 0 Å². The van der Waals surface area contributed by atoms with Gasteiger partial charge in [0.05, 0.1) is 5.52 Å². The van der Waals surface area contributed by atoms with Crippen molar-refractivity contribution >= 4 is 278 Å². The van der Waals surface area contributed by atoms with Crippen LogP contribution in [-0.2, 0) is 0 Å². The van der Waals surface area contributed by atoms with Gasteiger partial charge >= 0.3 is 0 Å². The highest BCUT2D eigenvalue weighted by molar-refractivity contribution is 6.74. The zero-order chi connectivity index (χ0) is 52.1. The van der Waals surface area contributed by atoms with Crippen molar-refractivity contribution in [1.29, 1.82) is 0 Å². The Bertz CT molecular complexity index is 4450. The first-order valence-corrected chi connectivity index (χ1v) is 22.8. The molecule has 74 heavy (non-hydrogen) atoms. The van der Waals surface area contributed by atoms with Gasteiger partial charge in [0.2, 0.25) is 0 Å². The van der Waals surface area contributed by atoms with Crippen LogP contribution in [0, 0.1) is 0 Å². The van der Waals surface area contributed by atoms with Crippen LogP contribution in [0.1, 0.15) is 0 Å². The fourth-order valence-corrected chi connectivity index (χ4v) is 10.5. The van der Waals surface area contributed by atoms with Crippen molar-refractivity contribution in [3.8, 4) is 51.0 Å². The Balaban J connectivity index is 1.18. The van der Waals surface area contributed by atoms with Crippen molar-refractivity contribution in [2.45, 2.75) is 0 Å². The fraction of sp³-hybridized carbons (Fsp3) is 0. The van der Waals surface area contributed by atoms with E-state index >= 15 is 0 Å². The molecule has 0 unspecified atom stereocenters. The monoisotopic (exact) mass is 900 g/mol. The maximum atomic E-state index is 7.36. The number of furan rings is 1. The molecule has 0 N–H and O–H groups in total. The van der Waals surface area contributed by atoms with E-state index in [1.54, 1.807) is 4.57 Å². The highest BCUT2D eigenvalue weighted by Crippen LogP contribution is 2.40. The van der Waals surface area contributed by atoms with E-state index in [4.69, 9.17) is 145 Å². The zero-order valence-corrected chi connectivity index (χ0v) is 39.2. The van der Waals surface area contributed by atoms with Crippen LogP contribution in [0.25, 0.3) is 116 Å². The summed E-state index contributed by atoms with van der Waals surface area (Å²) in [6.45, 7) is 0. The molecule has 32 radical (unpaired) electrons. The quantitative estimate of drug-likeness (QED) is 0.162. The molecule has 302 valence electrons. The molecule has 9 aromatic carbocycles. The lowest BCUT2D eigenvalue weighted by Crippen LogP contribution is -2.50. The predicted octanol–water partition coefficient (Wildman–Crippen LogP) is -5.46. The first kappa shape index (κ1) is 48.1. The van der Waals surface area contributed by atoms with Gasteiger partial charge in [0.25, 0.3) is 0 Å². The highest BCUT2D eigenvalue weighted by atomic mass is 16.3. The van der Waals surface area contributed by atoms with E-state index < -0.39 is 0 Å². The van der Waals surface area contributed by atoms with E-state index in [0.717, 1.165) is 21.9 Å². The molecule has 0 spiro atoms. The van der Waals surface area contributed by atoms with Crippen molar-refractivity contribution < 1.29 is 4.42 Å². The number of benzene rings is 9. The molecule has 0 bridgehead atoms. The van der Waals surface area contributed by atoms with Gasteiger partial charge in [0.15, 0.2) is 17.5 Å². The van der Waals surface area contributed by atoms with E-state index in [1.165, 1.54) is 0 Å². The minimum absolute atomic E-state index is 0.00341. The van der Waals surface area contributed by atoms with Gasteiger partial charge in [0, 0.05) is 44.1 Å². The molecular formula is C53H16B16N4O. The number of aromatic nitrogens is 4. The van der Waals surface area contributed by atoms with Crippen molar-refractivity contribution in [1.82, 2.24) is 19.5 Å². The van der Waals surface area contributed by atoms with Crippen LogP contribution in [0.5, 0.6) is 0 Å². The van der Waals surface area contributed by atoms with Crippen LogP contribution < -0.4 is 87.4 Å². The van der Waals surface area contributed by atoms with Gasteiger partial charge in [0.1, 0.15) is 137 Å². The first-order chi connectivity index (χ1) is 35.4. The summed E-state index contributed by atoms with van der Waals surface area (Å²) in [6.07, 6.45) is 0. The van der Waals surface area contributed by atoms with Crippen LogP contribution in [0.4, 0.5) is 0 Å². The lowest BCUT2D eigenvalue weighted by Gasteiger charge is -2.24. The van der Waals surface area contributed by atoms with E-state index in [0.29, 0.717) is 39.5 Å². The third kappa shape index (κ3) is 6.63. The first-order valence-electron chi connectivity index (χ1n) is 22.8. The summed E-state index contributed by atoms with van der Waals surface area (Å²) >= 11 is 0. The van der Waals surface area contributed by atoms with Gasteiger partial charge in [-0.1, -0.05) is 146 Å². The maximum absolute atomic E-state index is 7.36. The van der Waals surface area contributed by atoms with Gasteiger partial charge in [-0.15, -0.1) is 27.3 Å². The van der Waals surface area contributed by atoms with E-state index in [-0.39, 0.29) is 142 Å². The van der Waals surface area contributed by atoms with Crippen molar-refractivity contribution in [3.63, 3.8) is 0 Å². The average molecular weight is 898 g/mol. The second kappa shape index (κ2) is 17.4. The Morgan fingerprint density at radius 1 is 0.297 bits per heavy atom. The van der Waals surface area contributed by atoms with Gasteiger partial charge in [-0.05, 0) is 49.6 Å². The Labute approximate surface area is 447 Å². The predicted molar refractivity (Wildman–Crippen MR) is 324 cm³/mol. The van der Waals surface area contributed by atoms with Crippen molar-refractivity contribution in [2.24, 2.45) is 0 Å². The molecular weight excluding hydrogens is 882 g/mol. The second-order valence-electron chi connectivity index (χ2n) is 18.1. The minimum atomic E-state index is -0.0678. The molecule has 5 nitrogen and oxygen atoms in total. The summed E-state index contributed by atoms with van der Waals surface area (Å²) in [5.74, 6) is 1.43. The lowest BCUT2D eigenvalue weighted by atomic mass is 9.61. The van der Waals surface area contributed by atoms with Crippen molar-refractivity contribution in [2.75, 3.05) is 0 Å². The smallest absolute Gasteiger partial charge is 0.164 e. The number of rotatable bonds is 5. The molecule has 0 aliphatic heterocycles. The molecule has 3 aromatic heterocycles. The summed E-state index contributed by atoms with van der Waals surface area (Å²) in [5.41, 5.74) is 3.94. The molecule has 0 saturated carbocycles. The molecule has 0 fully saturated rings.